The molecule has 3 rings (SSSR count). The molecule has 2 heterocycles. The lowest BCUT2D eigenvalue weighted by molar-refractivity contribution is 0.619. The lowest BCUT2D eigenvalue weighted by Crippen LogP contribution is -2.02. The van der Waals surface area contributed by atoms with Gasteiger partial charge in [-0.05, 0) is 37.2 Å². The fraction of sp³-hybridized carbons (Fsp3) is 0.231. The Balaban J connectivity index is 2.00. The van der Waals surface area contributed by atoms with Crippen LogP contribution in [0.3, 0.4) is 0 Å². The van der Waals surface area contributed by atoms with Crippen molar-refractivity contribution >= 4 is 16.3 Å². The molecule has 0 spiro atoms. The van der Waals surface area contributed by atoms with Gasteiger partial charge in [-0.2, -0.15) is 5.10 Å². The van der Waals surface area contributed by atoms with E-state index in [1.807, 2.05) is 6.20 Å². The first-order chi connectivity index (χ1) is 9.17. The monoisotopic (exact) mass is 276 g/mol. The molecule has 6 heteroatoms. The number of hydrogen-bond acceptors (Lipinski definition) is 4. The van der Waals surface area contributed by atoms with Crippen molar-refractivity contribution in [1.29, 1.82) is 0 Å². The molecule has 0 fully saturated rings. The number of aryl methyl sites for hydroxylation is 1. The molecule has 98 valence electrons. The summed E-state index contributed by atoms with van der Waals surface area (Å²) in [6.07, 6.45) is 2.62. The molecule has 0 saturated carbocycles. The van der Waals surface area contributed by atoms with Crippen LogP contribution in [-0.4, -0.2) is 21.1 Å². The highest BCUT2D eigenvalue weighted by molar-refractivity contribution is 7.16. The third-order valence-electron chi connectivity index (χ3n) is 2.90. The molecule has 3 aromatic rings. The molecular weight excluding hydrogens is 263 g/mol. The van der Waals surface area contributed by atoms with E-state index in [1.165, 1.54) is 17.4 Å². The van der Waals surface area contributed by atoms with Crippen molar-refractivity contribution in [2.24, 2.45) is 5.73 Å². The highest BCUT2D eigenvalue weighted by Gasteiger charge is 2.10. The Bertz CT molecular complexity index is 700. The molecule has 0 saturated heterocycles. The van der Waals surface area contributed by atoms with Gasteiger partial charge >= 0.3 is 0 Å². The number of nitrogens with zero attached hydrogens (tertiary/aromatic N) is 3. The van der Waals surface area contributed by atoms with Gasteiger partial charge in [0, 0.05) is 12.0 Å². The quantitative estimate of drug-likeness (QED) is 0.799. The summed E-state index contributed by atoms with van der Waals surface area (Å²) >= 11 is 1.53. The number of halogens is 1. The summed E-state index contributed by atoms with van der Waals surface area (Å²) in [5.41, 5.74) is 7.83. The van der Waals surface area contributed by atoms with E-state index < -0.39 is 0 Å². The maximum atomic E-state index is 13.2. The minimum Gasteiger partial charge on any atom is -0.330 e. The van der Waals surface area contributed by atoms with Gasteiger partial charge in [-0.3, -0.25) is 0 Å². The van der Waals surface area contributed by atoms with Crippen molar-refractivity contribution in [2.75, 3.05) is 6.54 Å². The summed E-state index contributed by atoms with van der Waals surface area (Å²) in [5, 5.41) is 5.39. The number of fused-ring (bicyclic) bond motifs is 1. The van der Waals surface area contributed by atoms with Crippen LogP contribution >= 0.6 is 11.3 Å². The van der Waals surface area contributed by atoms with E-state index in [0.717, 1.165) is 27.6 Å². The first-order valence-electron chi connectivity index (χ1n) is 5.99. The predicted octanol–water partition coefficient (Wildman–Crippen LogP) is 2.41. The normalized spacial score (nSPS) is 11.3. The van der Waals surface area contributed by atoms with Crippen LogP contribution in [0.4, 0.5) is 4.39 Å². The van der Waals surface area contributed by atoms with Gasteiger partial charge in [0.15, 0.2) is 0 Å². The van der Waals surface area contributed by atoms with E-state index in [2.05, 4.69) is 10.1 Å². The van der Waals surface area contributed by atoms with Crippen LogP contribution in [0.5, 0.6) is 0 Å². The summed E-state index contributed by atoms with van der Waals surface area (Å²) in [5.74, 6) is -0.201. The van der Waals surface area contributed by atoms with Crippen LogP contribution in [-0.2, 0) is 6.42 Å². The Kier molecular flexibility index (Phi) is 3.04. The third-order valence-corrected chi connectivity index (χ3v) is 3.88. The summed E-state index contributed by atoms with van der Waals surface area (Å²) in [6, 6.07) is 4.99. The lowest BCUT2D eigenvalue weighted by Gasteiger charge is -1.99. The molecule has 0 amide bonds. The Morgan fingerprint density at radius 3 is 2.95 bits per heavy atom. The number of rotatable bonds is 3. The van der Waals surface area contributed by atoms with E-state index in [-0.39, 0.29) is 5.82 Å². The molecule has 2 N–H and O–H groups in total. The van der Waals surface area contributed by atoms with Gasteiger partial charge < -0.3 is 5.73 Å². The standard InChI is InChI=1S/C13H13FN4S/c1-8-6-9(2-3-10(8)14)11-7-18-13(16-11)19-12(17-18)4-5-15/h2-3,6-7H,4-5,15H2,1H3. The Labute approximate surface area is 113 Å². The number of imidazole rings is 1. The maximum Gasteiger partial charge on any atom is 0.212 e. The largest absolute Gasteiger partial charge is 0.330 e. The van der Waals surface area contributed by atoms with Crippen LogP contribution in [0, 0.1) is 12.7 Å². The summed E-state index contributed by atoms with van der Waals surface area (Å²) in [6.45, 7) is 2.33. The van der Waals surface area contributed by atoms with Gasteiger partial charge in [-0.1, -0.05) is 11.3 Å². The van der Waals surface area contributed by atoms with E-state index in [0.29, 0.717) is 12.1 Å². The van der Waals surface area contributed by atoms with E-state index in [4.69, 9.17) is 5.73 Å². The summed E-state index contributed by atoms with van der Waals surface area (Å²) < 4.78 is 15.0. The van der Waals surface area contributed by atoms with Crippen LogP contribution in [0.25, 0.3) is 16.2 Å². The maximum absolute atomic E-state index is 13.2. The molecule has 0 atom stereocenters. The summed E-state index contributed by atoms with van der Waals surface area (Å²) in [4.78, 5) is 5.35. The highest BCUT2D eigenvalue weighted by atomic mass is 32.1. The molecule has 0 aliphatic rings. The molecule has 0 bridgehead atoms. The van der Waals surface area contributed by atoms with Crippen LogP contribution < -0.4 is 5.73 Å². The Morgan fingerprint density at radius 1 is 1.42 bits per heavy atom. The molecule has 0 aliphatic carbocycles. The first-order valence-corrected chi connectivity index (χ1v) is 6.80. The molecule has 0 unspecified atom stereocenters. The molecule has 4 nitrogen and oxygen atoms in total. The number of nitrogens with two attached hydrogens (primary N) is 1. The highest BCUT2D eigenvalue weighted by Crippen LogP contribution is 2.23. The van der Waals surface area contributed by atoms with Crippen molar-refractivity contribution in [1.82, 2.24) is 14.6 Å². The Hall–Kier alpha value is -1.79. The van der Waals surface area contributed by atoms with E-state index in [9.17, 15) is 4.39 Å². The summed E-state index contributed by atoms with van der Waals surface area (Å²) in [7, 11) is 0. The zero-order valence-corrected chi connectivity index (χ0v) is 11.2. The third kappa shape index (κ3) is 2.24. The predicted molar refractivity (Wildman–Crippen MR) is 73.8 cm³/mol. The second-order valence-electron chi connectivity index (χ2n) is 4.35. The molecule has 19 heavy (non-hydrogen) atoms. The zero-order chi connectivity index (χ0) is 13.4. The molecular formula is C13H13FN4S. The molecule has 0 aliphatic heterocycles. The number of hydrogen-bond donors (Lipinski definition) is 1. The molecule has 0 radical (unpaired) electrons. The van der Waals surface area contributed by atoms with Crippen LogP contribution in [0.2, 0.25) is 0 Å². The average molecular weight is 276 g/mol. The fourth-order valence-electron chi connectivity index (χ4n) is 1.91. The van der Waals surface area contributed by atoms with Gasteiger partial charge in [0.2, 0.25) is 4.96 Å². The van der Waals surface area contributed by atoms with Gasteiger partial charge in [-0.25, -0.2) is 13.9 Å². The smallest absolute Gasteiger partial charge is 0.212 e. The van der Waals surface area contributed by atoms with E-state index in [1.54, 1.807) is 23.6 Å². The minimum atomic E-state index is -0.201. The van der Waals surface area contributed by atoms with Gasteiger partial charge in [0.05, 0.1) is 11.9 Å². The lowest BCUT2D eigenvalue weighted by atomic mass is 10.1. The fourth-order valence-corrected chi connectivity index (χ4v) is 2.80. The average Bonchev–Trinajstić information content (AvgIpc) is 2.91. The van der Waals surface area contributed by atoms with Gasteiger partial charge in [0.25, 0.3) is 0 Å². The van der Waals surface area contributed by atoms with Crippen molar-refractivity contribution in [3.8, 4) is 11.3 Å². The van der Waals surface area contributed by atoms with Crippen molar-refractivity contribution < 1.29 is 4.39 Å². The Morgan fingerprint density at radius 2 is 2.26 bits per heavy atom. The second-order valence-corrected chi connectivity index (χ2v) is 5.39. The topological polar surface area (TPSA) is 56.2 Å². The zero-order valence-electron chi connectivity index (χ0n) is 10.4. The number of benzene rings is 1. The second kappa shape index (κ2) is 4.71. The minimum absolute atomic E-state index is 0.201. The SMILES string of the molecule is Cc1cc(-c2cn3nc(CCN)sc3n2)ccc1F. The van der Waals surface area contributed by atoms with Gasteiger partial charge in [0.1, 0.15) is 10.8 Å². The molecule has 1 aromatic carbocycles. The number of aromatic nitrogens is 3. The van der Waals surface area contributed by atoms with Crippen LogP contribution in [0.1, 0.15) is 10.6 Å². The van der Waals surface area contributed by atoms with Crippen molar-refractivity contribution in [3.63, 3.8) is 0 Å². The van der Waals surface area contributed by atoms with Crippen molar-refractivity contribution in [2.45, 2.75) is 13.3 Å². The van der Waals surface area contributed by atoms with Crippen molar-refractivity contribution in [3.05, 3.63) is 40.8 Å². The van der Waals surface area contributed by atoms with Crippen LogP contribution in [0.15, 0.2) is 24.4 Å². The van der Waals surface area contributed by atoms with E-state index >= 15 is 0 Å². The first kappa shape index (κ1) is 12.3. The van der Waals surface area contributed by atoms with Gasteiger partial charge in [-0.15, -0.1) is 0 Å². The molecule has 2 aromatic heterocycles.